The molecule has 0 N–H and O–H groups in total. The molecule has 47 heavy (non-hydrogen) atoms. The van der Waals surface area contributed by atoms with E-state index in [1.165, 1.54) is 54.7 Å². The van der Waals surface area contributed by atoms with Gasteiger partial charge >= 0.3 is 0 Å². The standard InChI is InChI=1S/C44H33N3/c1-30-11-10-16-40(32-23-27-34(28-24-32)47-43-19-8-4-14-37(43)38-15-5-9-20-44(38)47)45-29-39(30)31-21-25-33(26-22-31)46-41-17-6-2-12-35(41)36-13-3-7-18-42(36)46/h2-10,12-30H,11H2,1H3. The smallest absolute Gasteiger partial charge is 0.0698 e. The molecule has 0 saturated heterocycles. The van der Waals surface area contributed by atoms with Crippen LogP contribution < -0.4 is 0 Å². The Kier molecular flexibility index (Phi) is 6.50. The first kappa shape index (κ1) is 27.4. The Morgan fingerprint density at radius 2 is 0.894 bits per heavy atom. The van der Waals surface area contributed by atoms with Crippen molar-refractivity contribution in [3.05, 3.63) is 175 Å². The molecule has 1 aliphatic rings. The van der Waals surface area contributed by atoms with E-state index in [4.69, 9.17) is 4.99 Å². The van der Waals surface area contributed by atoms with Gasteiger partial charge in [0.25, 0.3) is 0 Å². The summed E-state index contributed by atoms with van der Waals surface area (Å²) in [7, 11) is 0. The molecule has 0 aliphatic carbocycles. The molecule has 0 saturated carbocycles. The predicted octanol–water partition coefficient (Wildman–Crippen LogP) is 11.3. The molecule has 0 amide bonds. The molecular weight excluding hydrogens is 571 g/mol. The maximum Gasteiger partial charge on any atom is 0.0698 e. The highest BCUT2D eigenvalue weighted by atomic mass is 15.0. The van der Waals surface area contributed by atoms with Gasteiger partial charge in [-0.05, 0) is 78.1 Å². The summed E-state index contributed by atoms with van der Waals surface area (Å²) in [4.78, 5) is 5.06. The quantitative estimate of drug-likeness (QED) is 0.191. The summed E-state index contributed by atoms with van der Waals surface area (Å²) in [5.74, 6) is 0.355. The number of aliphatic imine (C=N–C) groups is 1. The lowest BCUT2D eigenvalue weighted by atomic mass is 9.91. The van der Waals surface area contributed by atoms with E-state index in [1.807, 2.05) is 0 Å². The highest BCUT2D eigenvalue weighted by Gasteiger charge is 2.16. The van der Waals surface area contributed by atoms with E-state index >= 15 is 0 Å². The Hall–Kier alpha value is -5.93. The average molecular weight is 604 g/mol. The molecule has 9 rings (SSSR count). The van der Waals surface area contributed by atoms with Gasteiger partial charge in [0.2, 0.25) is 0 Å². The second-order valence-corrected chi connectivity index (χ2v) is 12.5. The van der Waals surface area contributed by atoms with Crippen molar-refractivity contribution in [2.45, 2.75) is 13.3 Å². The second-order valence-electron chi connectivity index (χ2n) is 12.5. The van der Waals surface area contributed by atoms with Gasteiger partial charge in [-0.25, -0.2) is 0 Å². The van der Waals surface area contributed by atoms with Gasteiger partial charge in [-0.2, -0.15) is 0 Å². The van der Waals surface area contributed by atoms with Crippen LogP contribution in [0.3, 0.4) is 0 Å². The highest BCUT2D eigenvalue weighted by molar-refractivity contribution is 6.11. The molecule has 224 valence electrons. The lowest BCUT2D eigenvalue weighted by molar-refractivity contribution is 0.763. The van der Waals surface area contributed by atoms with Gasteiger partial charge in [-0.3, -0.25) is 4.99 Å². The SMILES string of the molecule is CC1CC=CC(c2ccc(-n3c4ccccc4c4ccccc43)cc2)=NC=C1c1ccc(-n2c3ccccc3c3ccccc32)cc1. The monoisotopic (exact) mass is 603 g/mol. The van der Waals surface area contributed by atoms with Crippen molar-refractivity contribution in [3.8, 4) is 11.4 Å². The molecule has 3 heterocycles. The van der Waals surface area contributed by atoms with Crippen LogP contribution in [0.1, 0.15) is 24.5 Å². The van der Waals surface area contributed by atoms with E-state index < -0.39 is 0 Å². The highest BCUT2D eigenvalue weighted by Crippen LogP contribution is 2.35. The van der Waals surface area contributed by atoms with Crippen molar-refractivity contribution < 1.29 is 0 Å². The van der Waals surface area contributed by atoms with Crippen LogP contribution in [0.2, 0.25) is 0 Å². The molecule has 0 radical (unpaired) electrons. The third kappa shape index (κ3) is 4.54. The Morgan fingerprint density at radius 3 is 1.34 bits per heavy atom. The summed E-state index contributed by atoms with van der Waals surface area (Å²) in [5, 5.41) is 5.10. The van der Waals surface area contributed by atoms with Crippen LogP contribution in [0, 0.1) is 5.92 Å². The number of hydrogen-bond acceptors (Lipinski definition) is 1. The summed E-state index contributed by atoms with van der Waals surface area (Å²) in [6.45, 7) is 2.29. The molecule has 6 aromatic carbocycles. The first-order valence-corrected chi connectivity index (χ1v) is 16.4. The summed E-state index contributed by atoms with van der Waals surface area (Å²) in [6.07, 6.45) is 7.48. The van der Waals surface area contributed by atoms with Crippen molar-refractivity contribution >= 4 is 54.9 Å². The van der Waals surface area contributed by atoms with Crippen LogP contribution >= 0.6 is 0 Å². The number of rotatable bonds is 4. The van der Waals surface area contributed by atoms with Crippen molar-refractivity contribution in [1.29, 1.82) is 0 Å². The molecule has 8 aromatic rings. The number of aromatic nitrogens is 2. The molecule has 3 nitrogen and oxygen atoms in total. The van der Waals surface area contributed by atoms with Gasteiger partial charge in [0.15, 0.2) is 0 Å². The minimum Gasteiger partial charge on any atom is -0.309 e. The van der Waals surface area contributed by atoms with E-state index in [0.717, 1.165) is 29.1 Å². The van der Waals surface area contributed by atoms with Gasteiger partial charge in [-0.1, -0.05) is 110 Å². The molecular formula is C44H33N3. The normalized spacial score (nSPS) is 15.2. The fourth-order valence-electron chi connectivity index (χ4n) is 7.34. The lowest BCUT2D eigenvalue weighted by Crippen LogP contribution is -2.04. The van der Waals surface area contributed by atoms with Crippen LogP contribution in [0.25, 0.3) is 60.6 Å². The molecule has 1 atom stereocenters. The van der Waals surface area contributed by atoms with Crippen molar-refractivity contribution in [1.82, 2.24) is 9.13 Å². The van der Waals surface area contributed by atoms with Crippen LogP contribution in [0.5, 0.6) is 0 Å². The number of hydrogen-bond donors (Lipinski definition) is 0. The molecule has 1 unspecified atom stereocenters. The first-order chi connectivity index (χ1) is 23.2. The van der Waals surface area contributed by atoms with Gasteiger partial charge in [0.05, 0.1) is 27.8 Å². The summed E-state index contributed by atoms with van der Waals surface area (Å²) < 4.78 is 4.72. The summed E-state index contributed by atoms with van der Waals surface area (Å²) in [5.41, 5.74) is 11.7. The maximum atomic E-state index is 5.06. The Bertz CT molecular complexity index is 2430. The number of nitrogens with zero attached hydrogens (tertiary/aromatic N) is 3. The maximum absolute atomic E-state index is 5.06. The summed E-state index contributed by atoms with van der Waals surface area (Å²) >= 11 is 0. The number of benzene rings is 6. The van der Waals surface area contributed by atoms with Gasteiger partial charge in [0, 0.05) is 44.7 Å². The molecule has 2 aromatic heterocycles. The van der Waals surface area contributed by atoms with Crippen LogP contribution in [-0.4, -0.2) is 14.8 Å². The third-order valence-electron chi connectivity index (χ3n) is 9.68. The van der Waals surface area contributed by atoms with Crippen molar-refractivity contribution in [2.24, 2.45) is 10.9 Å². The van der Waals surface area contributed by atoms with E-state index in [1.54, 1.807) is 0 Å². The largest absolute Gasteiger partial charge is 0.309 e. The molecule has 0 fully saturated rings. The van der Waals surface area contributed by atoms with Crippen LogP contribution in [0.15, 0.2) is 169 Å². The lowest BCUT2D eigenvalue weighted by Gasteiger charge is -2.17. The Morgan fingerprint density at radius 1 is 0.489 bits per heavy atom. The second kappa shape index (κ2) is 11.1. The fourth-order valence-corrected chi connectivity index (χ4v) is 7.34. The number of para-hydroxylation sites is 4. The van der Waals surface area contributed by atoms with Crippen molar-refractivity contribution in [3.63, 3.8) is 0 Å². The minimum atomic E-state index is 0.355. The van der Waals surface area contributed by atoms with E-state index in [0.29, 0.717) is 5.92 Å². The summed E-state index contributed by atoms with van der Waals surface area (Å²) in [6, 6.07) is 52.4. The van der Waals surface area contributed by atoms with Crippen LogP contribution in [0.4, 0.5) is 0 Å². The van der Waals surface area contributed by atoms with Crippen molar-refractivity contribution in [2.75, 3.05) is 0 Å². The minimum absolute atomic E-state index is 0.355. The third-order valence-corrected chi connectivity index (χ3v) is 9.68. The zero-order valence-electron chi connectivity index (χ0n) is 26.2. The average Bonchev–Trinajstić information content (AvgIpc) is 3.64. The van der Waals surface area contributed by atoms with Gasteiger partial charge < -0.3 is 9.13 Å². The fraction of sp³-hybridized carbons (Fsp3) is 0.0682. The number of allylic oxidation sites excluding steroid dienone is 3. The molecule has 3 heteroatoms. The first-order valence-electron chi connectivity index (χ1n) is 16.4. The zero-order valence-corrected chi connectivity index (χ0v) is 26.2. The van der Waals surface area contributed by atoms with Gasteiger partial charge in [0.1, 0.15) is 0 Å². The van der Waals surface area contributed by atoms with Crippen LogP contribution in [-0.2, 0) is 0 Å². The predicted molar refractivity (Wildman–Crippen MR) is 199 cm³/mol. The molecule has 0 bridgehead atoms. The Labute approximate surface area is 274 Å². The Balaban J connectivity index is 1.06. The van der Waals surface area contributed by atoms with E-state index in [-0.39, 0.29) is 0 Å². The van der Waals surface area contributed by atoms with E-state index in [9.17, 15) is 0 Å². The van der Waals surface area contributed by atoms with Gasteiger partial charge in [-0.15, -0.1) is 0 Å². The molecule has 0 spiro atoms. The molecule has 1 aliphatic heterocycles. The zero-order chi connectivity index (χ0) is 31.3. The topological polar surface area (TPSA) is 22.2 Å². The number of fused-ring (bicyclic) bond motifs is 6. The van der Waals surface area contributed by atoms with E-state index in [2.05, 4.69) is 180 Å².